The van der Waals surface area contributed by atoms with Crippen molar-refractivity contribution in [3.63, 3.8) is 0 Å². The number of amides is 1. The number of hydrogen-bond donors (Lipinski definition) is 1. The molecule has 0 aliphatic heterocycles. The fourth-order valence-electron chi connectivity index (χ4n) is 3.73. The van der Waals surface area contributed by atoms with E-state index in [0.29, 0.717) is 18.9 Å². The normalized spacial score (nSPS) is 10.9. The van der Waals surface area contributed by atoms with Crippen LogP contribution in [-0.4, -0.2) is 42.0 Å². The Morgan fingerprint density at radius 1 is 1.00 bits per heavy atom. The van der Waals surface area contributed by atoms with Crippen LogP contribution in [0, 0.1) is 13.8 Å². The number of nitrogens with one attached hydrogen (secondary N) is 1. The average Bonchev–Trinajstić information content (AvgIpc) is 3.15. The number of thiophene rings is 1. The lowest BCUT2D eigenvalue weighted by Gasteiger charge is -2.17. The number of methoxy groups -OCH3 is 2. The number of fused-ring (bicyclic) bond motifs is 1. The summed E-state index contributed by atoms with van der Waals surface area (Å²) in [6.07, 6.45) is 0. The molecule has 0 unspecified atom stereocenters. The molecule has 0 aliphatic rings. The molecule has 34 heavy (non-hydrogen) atoms. The summed E-state index contributed by atoms with van der Waals surface area (Å²) >= 11 is 1.57. The molecule has 0 aliphatic carbocycles. The monoisotopic (exact) mass is 476 g/mol. The molecule has 0 saturated carbocycles. The van der Waals surface area contributed by atoms with Gasteiger partial charge in [-0.05, 0) is 54.8 Å². The van der Waals surface area contributed by atoms with Gasteiger partial charge in [0.25, 0.3) is 5.91 Å². The zero-order valence-electron chi connectivity index (χ0n) is 20.0. The van der Waals surface area contributed by atoms with Crippen LogP contribution in [0.2, 0.25) is 0 Å². The van der Waals surface area contributed by atoms with Crippen molar-refractivity contribution in [3.8, 4) is 11.5 Å². The quantitative estimate of drug-likeness (QED) is 0.376. The molecule has 0 fully saturated rings. The number of nitrogens with zero attached hydrogens (tertiary/aromatic N) is 3. The topological polar surface area (TPSA) is 76.6 Å². The molecule has 0 radical (unpaired) electrons. The lowest BCUT2D eigenvalue weighted by molar-refractivity contribution is 0.0773. The van der Waals surface area contributed by atoms with Crippen molar-refractivity contribution >= 4 is 33.3 Å². The first-order valence-corrected chi connectivity index (χ1v) is 11.7. The van der Waals surface area contributed by atoms with Crippen molar-refractivity contribution in [1.29, 1.82) is 0 Å². The van der Waals surface area contributed by atoms with Gasteiger partial charge in [-0.2, -0.15) is 0 Å². The van der Waals surface area contributed by atoms with Crippen LogP contribution in [0.1, 0.15) is 32.2 Å². The summed E-state index contributed by atoms with van der Waals surface area (Å²) in [6.45, 7) is 5.09. The Balaban J connectivity index is 1.62. The summed E-state index contributed by atoms with van der Waals surface area (Å²) in [6, 6.07) is 15.5. The Bertz CT molecular complexity index is 1340. The molecule has 0 spiro atoms. The first-order chi connectivity index (χ1) is 16.4. The number of benzene rings is 2. The SMILES string of the molecule is COc1cccc(CNc2nc(C(=O)N(C)Cc3cccc(OC)c3)nc3sc(C)c(C)c23)c1. The third-order valence-corrected chi connectivity index (χ3v) is 6.82. The van der Waals surface area contributed by atoms with Crippen molar-refractivity contribution in [1.82, 2.24) is 14.9 Å². The molecule has 0 saturated heterocycles. The highest BCUT2D eigenvalue weighted by atomic mass is 32.1. The van der Waals surface area contributed by atoms with Crippen LogP contribution in [0.25, 0.3) is 10.2 Å². The molecule has 0 bridgehead atoms. The number of rotatable bonds is 8. The van der Waals surface area contributed by atoms with E-state index >= 15 is 0 Å². The van der Waals surface area contributed by atoms with Crippen LogP contribution in [0.3, 0.4) is 0 Å². The smallest absolute Gasteiger partial charge is 0.291 e. The van der Waals surface area contributed by atoms with Gasteiger partial charge in [0.05, 0.1) is 19.6 Å². The molecule has 4 aromatic rings. The summed E-state index contributed by atoms with van der Waals surface area (Å²) in [7, 11) is 5.03. The maximum atomic E-state index is 13.3. The Morgan fingerprint density at radius 3 is 2.32 bits per heavy atom. The summed E-state index contributed by atoms with van der Waals surface area (Å²) in [4.78, 5) is 26.2. The second-order valence-electron chi connectivity index (χ2n) is 8.08. The predicted molar refractivity (Wildman–Crippen MR) is 136 cm³/mol. The third-order valence-electron chi connectivity index (χ3n) is 5.71. The first kappa shape index (κ1) is 23.5. The van der Waals surface area contributed by atoms with E-state index in [1.54, 1.807) is 37.5 Å². The van der Waals surface area contributed by atoms with E-state index in [2.05, 4.69) is 29.1 Å². The Morgan fingerprint density at radius 2 is 1.65 bits per heavy atom. The first-order valence-electron chi connectivity index (χ1n) is 10.9. The largest absolute Gasteiger partial charge is 0.497 e. The van der Waals surface area contributed by atoms with Crippen molar-refractivity contribution in [2.45, 2.75) is 26.9 Å². The molecule has 1 N–H and O–H groups in total. The van der Waals surface area contributed by atoms with Crippen LogP contribution in [0.5, 0.6) is 11.5 Å². The maximum absolute atomic E-state index is 13.3. The predicted octanol–water partition coefficient (Wildman–Crippen LogP) is 5.21. The van der Waals surface area contributed by atoms with Gasteiger partial charge in [0.2, 0.25) is 5.82 Å². The van der Waals surface area contributed by atoms with Crippen LogP contribution >= 0.6 is 11.3 Å². The summed E-state index contributed by atoms with van der Waals surface area (Å²) < 4.78 is 10.6. The molecule has 176 valence electrons. The lowest BCUT2D eigenvalue weighted by Crippen LogP contribution is -2.28. The summed E-state index contributed by atoms with van der Waals surface area (Å²) in [5.74, 6) is 2.15. The van der Waals surface area contributed by atoms with E-state index in [1.165, 1.54) is 0 Å². The standard InChI is InChI=1S/C26H28N4O3S/c1-16-17(2)34-25-22(16)23(27-14-18-8-6-10-20(12-18)32-4)28-24(29-25)26(31)30(3)15-19-9-7-11-21(13-19)33-5/h6-13H,14-15H2,1-5H3,(H,27,28,29). The fourth-order valence-corrected chi connectivity index (χ4v) is 4.76. The second-order valence-corrected chi connectivity index (χ2v) is 9.28. The third kappa shape index (κ3) is 4.97. The molecule has 7 nitrogen and oxygen atoms in total. The van der Waals surface area contributed by atoms with Crippen LogP contribution < -0.4 is 14.8 Å². The molecule has 2 aromatic carbocycles. The highest BCUT2D eigenvalue weighted by Crippen LogP contribution is 2.33. The minimum atomic E-state index is -0.238. The minimum Gasteiger partial charge on any atom is -0.497 e. The number of carbonyl (C=O) groups is 1. The highest BCUT2D eigenvalue weighted by molar-refractivity contribution is 7.18. The van der Waals surface area contributed by atoms with Crippen LogP contribution in [-0.2, 0) is 13.1 Å². The van der Waals surface area contributed by atoms with E-state index in [-0.39, 0.29) is 11.7 Å². The number of ether oxygens (including phenoxy) is 2. The molecule has 8 heteroatoms. The number of carbonyl (C=O) groups excluding carboxylic acids is 1. The van der Waals surface area contributed by atoms with E-state index in [0.717, 1.165) is 43.3 Å². The van der Waals surface area contributed by atoms with Crippen molar-refractivity contribution in [2.75, 3.05) is 26.6 Å². The van der Waals surface area contributed by atoms with Gasteiger partial charge in [-0.15, -0.1) is 11.3 Å². The van der Waals surface area contributed by atoms with E-state index in [1.807, 2.05) is 48.5 Å². The van der Waals surface area contributed by atoms with Gasteiger partial charge in [0.15, 0.2) is 0 Å². The van der Waals surface area contributed by atoms with Crippen LogP contribution in [0.4, 0.5) is 5.82 Å². The molecule has 2 heterocycles. The van der Waals surface area contributed by atoms with E-state index in [9.17, 15) is 4.79 Å². The molecular weight excluding hydrogens is 448 g/mol. The van der Waals surface area contributed by atoms with Crippen molar-refractivity contribution in [3.05, 3.63) is 75.9 Å². The van der Waals surface area contributed by atoms with Crippen molar-refractivity contribution in [2.24, 2.45) is 0 Å². The minimum absolute atomic E-state index is 0.173. The number of anilines is 1. The van der Waals surface area contributed by atoms with Gasteiger partial charge in [0, 0.05) is 25.0 Å². The number of aromatic nitrogens is 2. The van der Waals surface area contributed by atoms with Crippen LogP contribution in [0.15, 0.2) is 48.5 Å². The van der Waals surface area contributed by atoms with Gasteiger partial charge in [-0.1, -0.05) is 24.3 Å². The zero-order valence-corrected chi connectivity index (χ0v) is 20.8. The Kier molecular flexibility index (Phi) is 6.98. The van der Waals surface area contributed by atoms with E-state index in [4.69, 9.17) is 9.47 Å². The average molecular weight is 477 g/mol. The van der Waals surface area contributed by atoms with Gasteiger partial charge >= 0.3 is 0 Å². The lowest BCUT2D eigenvalue weighted by atomic mass is 10.2. The second kappa shape index (κ2) is 10.1. The molecule has 1 amide bonds. The van der Waals surface area contributed by atoms with Gasteiger partial charge in [-0.25, -0.2) is 9.97 Å². The fraction of sp³-hybridized carbons (Fsp3) is 0.269. The van der Waals surface area contributed by atoms with Gasteiger partial charge in [0.1, 0.15) is 22.1 Å². The molecule has 2 aromatic heterocycles. The Hall–Kier alpha value is -3.65. The van der Waals surface area contributed by atoms with Gasteiger partial charge < -0.3 is 19.7 Å². The van der Waals surface area contributed by atoms with E-state index < -0.39 is 0 Å². The van der Waals surface area contributed by atoms with Crippen molar-refractivity contribution < 1.29 is 14.3 Å². The maximum Gasteiger partial charge on any atom is 0.291 e. The summed E-state index contributed by atoms with van der Waals surface area (Å²) in [5.41, 5.74) is 3.14. The highest BCUT2D eigenvalue weighted by Gasteiger charge is 2.21. The number of aryl methyl sites for hydroxylation is 2. The molecule has 0 atom stereocenters. The zero-order chi connectivity index (χ0) is 24.2. The molecule has 4 rings (SSSR count). The van der Waals surface area contributed by atoms with Gasteiger partial charge in [-0.3, -0.25) is 4.79 Å². The number of hydrogen-bond acceptors (Lipinski definition) is 7. The summed E-state index contributed by atoms with van der Waals surface area (Å²) in [5, 5.41) is 4.38. The molecular formula is C26H28N4O3S. The Labute approximate surface area is 203 Å².